The lowest BCUT2D eigenvalue weighted by Gasteiger charge is -2.22. The third kappa shape index (κ3) is 5.70. The third-order valence-corrected chi connectivity index (χ3v) is 7.18. The van der Waals surface area contributed by atoms with Crippen molar-refractivity contribution >= 4 is 16.9 Å². The normalized spacial score (nSPS) is 14.1. The van der Waals surface area contributed by atoms with E-state index in [1.165, 1.54) is 19.3 Å². The SMILES string of the molecule is CCOC(=O)Cc1ccccc1OCc1nn(C2CCCCC2)c2ccc(-c3cccc(CN)c3)cc12. The summed E-state index contributed by atoms with van der Waals surface area (Å²) in [4.78, 5) is 12.1. The standard InChI is InChI=1S/C31H35N3O3/c1-2-36-31(35)19-25-10-6-7-14-30(25)37-21-28-27-18-24(23-11-8-9-22(17-23)20-32)15-16-29(27)34(33-28)26-12-4-3-5-13-26/h6-11,14-18,26H,2-5,12-13,19-21,32H2,1H3. The van der Waals surface area contributed by atoms with E-state index in [-0.39, 0.29) is 12.4 Å². The van der Waals surface area contributed by atoms with Gasteiger partial charge >= 0.3 is 5.97 Å². The molecular weight excluding hydrogens is 462 g/mol. The maximum Gasteiger partial charge on any atom is 0.310 e. The van der Waals surface area contributed by atoms with Gasteiger partial charge in [0.05, 0.1) is 24.6 Å². The Morgan fingerprint density at radius 1 is 1.00 bits per heavy atom. The molecule has 1 saturated carbocycles. The van der Waals surface area contributed by atoms with Crippen LogP contribution in [-0.2, 0) is 29.1 Å². The van der Waals surface area contributed by atoms with Crippen molar-refractivity contribution < 1.29 is 14.3 Å². The summed E-state index contributed by atoms with van der Waals surface area (Å²) in [6, 6.07) is 23.0. The highest BCUT2D eigenvalue weighted by atomic mass is 16.5. The van der Waals surface area contributed by atoms with Crippen molar-refractivity contribution in [1.29, 1.82) is 0 Å². The summed E-state index contributed by atoms with van der Waals surface area (Å²) in [5.41, 5.74) is 12.1. The summed E-state index contributed by atoms with van der Waals surface area (Å²) in [5.74, 6) is 0.428. The molecule has 0 spiro atoms. The van der Waals surface area contributed by atoms with Crippen LogP contribution in [0, 0.1) is 0 Å². The lowest BCUT2D eigenvalue weighted by Crippen LogP contribution is -2.14. The van der Waals surface area contributed by atoms with Gasteiger partial charge in [-0.25, -0.2) is 0 Å². The molecule has 3 aromatic carbocycles. The van der Waals surface area contributed by atoms with E-state index in [2.05, 4.69) is 47.1 Å². The van der Waals surface area contributed by atoms with Crippen LogP contribution in [0.2, 0.25) is 0 Å². The Kier molecular flexibility index (Phi) is 7.85. The molecule has 5 rings (SSSR count). The molecule has 1 heterocycles. The van der Waals surface area contributed by atoms with Gasteiger partial charge in [0.15, 0.2) is 0 Å². The van der Waals surface area contributed by atoms with Gasteiger partial charge in [-0.15, -0.1) is 0 Å². The Morgan fingerprint density at radius 3 is 2.62 bits per heavy atom. The second-order valence-electron chi connectivity index (χ2n) is 9.70. The van der Waals surface area contributed by atoms with Gasteiger partial charge in [0, 0.05) is 17.5 Å². The first kappa shape index (κ1) is 25.0. The maximum absolute atomic E-state index is 12.1. The van der Waals surface area contributed by atoms with Crippen molar-refractivity contribution in [2.45, 2.75) is 64.6 Å². The molecule has 6 nitrogen and oxygen atoms in total. The minimum atomic E-state index is -0.255. The predicted molar refractivity (Wildman–Crippen MR) is 146 cm³/mol. The van der Waals surface area contributed by atoms with Crippen molar-refractivity contribution in [3.63, 3.8) is 0 Å². The van der Waals surface area contributed by atoms with Crippen LogP contribution in [0.5, 0.6) is 5.75 Å². The van der Waals surface area contributed by atoms with Gasteiger partial charge in [0.2, 0.25) is 0 Å². The van der Waals surface area contributed by atoms with Gasteiger partial charge in [0.1, 0.15) is 18.1 Å². The molecule has 4 aromatic rings. The van der Waals surface area contributed by atoms with E-state index in [1.54, 1.807) is 0 Å². The maximum atomic E-state index is 12.1. The molecule has 0 unspecified atom stereocenters. The second-order valence-corrected chi connectivity index (χ2v) is 9.70. The van der Waals surface area contributed by atoms with Crippen LogP contribution in [0.4, 0.5) is 0 Å². The average molecular weight is 498 g/mol. The molecule has 1 aliphatic carbocycles. The number of para-hydroxylation sites is 1. The summed E-state index contributed by atoms with van der Waals surface area (Å²) in [6.45, 7) is 3.01. The van der Waals surface area contributed by atoms with E-state index in [1.807, 2.05) is 31.2 Å². The number of hydrogen-bond acceptors (Lipinski definition) is 5. The second kappa shape index (κ2) is 11.6. The predicted octanol–water partition coefficient (Wildman–Crippen LogP) is 6.35. The van der Waals surface area contributed by atoms with Crippen LogP contribution >= 0.6 is 0 Å². The van der Waals surface area contributed by atoms with Gasteiger partial charge in [-0.05, 0) is 60.7 Å². The minimum Gasteiger partial charge on any atom is -0.487 e. The van der Waals surface area contributed by atoms with E-state index in [9.17, 15) is 4.79 Å². The quantitative estimate of drug-likeness (QED) is 0.273. The van der Waals surface area contributed by atoms with Crippen molar-refractivity contribution in [2.24, 2.45) is 5.73 Å². The summed E-state index contributed by atoms with van der Waals surface area (Å²) in [7, 11) is 0. The number of nitrogens with two attached hydrogens (primary N) is 1. The Morgan fingerprint density at radius 2 is 1.81 bits per heavy atom. The Labute approximate surface area is 218 Å². The number of ether oxygens (including phenoxy) is 2. The molecule has 0 saturated heterocycles. The minimum absolute atomic E-state index is 0.183. The summed E-state index contributed by atoms with van der Waals surface area (Å²) in [6.07, 6.45) is 6.26. The van der Waals surface area contributed by atoms with Crippen molar-refractivity contribution in [2.75, 3.05) is 6.61 Å². The topological polar surface area (TPSA) is 79.4 Å². The van der Waals surface area contributed by atoms with Crippen LogP contribution in [0.25, 0.3) is 22.0 Å². The van der Waals surface area contributed by atoms with Crippen molar-refractivity contribution in [3.8, 4) is 16.9 Å². The van der Waals surface area contributed by atoms with Gasteiger partial charge in [-0.1, -0.05) is 61.7 Å². The molecule has 0 bridgehead atoms. The zero-order chi connectivity index (χ0) is 25.6. The van der Waals surface area contributed by atoms with Crippen LogP contribution in [-0.4, -0.2) is 22.4 Å². The monoisotopic (exact) mass is 497 g/mol. The fourth-order valence-corrected chi connectivity index (χ4v) is 5.28. The Balaban J connectivity index is 1.49. The van der Waals surface area contributed by atoms with E-state index < -0.39 is 0 Å². The molecule has 6 heteroatoms. The number of carbonyl (C=O) groups is 1. The van der Waals surface area contributed by atoms with Crippen molar-refractivity contribution in [1.82, 2.24) is 9.78 Å². The Hall–Kier alpha value is -3.64. The first-order valence-corrected chi connectivity index (χ1v) is 13.3. The van der Waals surface area contributed by atoms with Crippen LogP contribution in [0.1, 0.15) is 61.9 Å². The van der Waals surface area contributed by atoms with Gasteiger partial charge in [-0.3, -0.25) is 9.48 Å². The summed E-state index contributed by atoms with van der Waals surface area (Å²) in [5, 5.41) is 6.20. The average Bonchev–Trinajstić information content (AvgIpc) is 3.31. The van der Waals surface area contributed by atoms with Crippen LogP contribution < -0.4 is 10.5 Å². The molecule has 0 atom stereocenters. The molecule has 192 valence electrons. The number of fused-ring (bicyclic) bond motifs is 1. The van der Waals surface area contributed by atoms with E-state index in [0.717, 1.165) is 51.7 Å². The molecule has 37 heavy (non-hydrogen) atoms. The van der Waals surface area contributed by atoms with Gasteiger partial charge < -0.3 is 15.2 Å². The van der Waals surface area contributed by atoms with Crippen LogP contribution in [0.15, 0.2) is 66.7 Å². The Bertz CT molecular complexity index is 1370. The number of aromatic nitrogens is 2. The van der Waals surface area contributed by atoms with E-state index in [4.69, 9.17) is 20.3 Å². The molecule has 0 aliphatic heterocycles. The number of carbonyl (C=O) groups excluding carboxylic acids is 1. The summed E-state index contributed by atoms with van der Waals surface area (Å²) >= 11 is 0. The molecule has 1 aliphatic rings. The highest BCUT2D eigenvalue weighted by molar-refractivity contribution is 5.87. The van der Waals surface area contributed by atoms with Crippen molar-refractivity contribution in [3.05, 3.63) is 83.6 Å². The first-order chi connectivity index (χ1) is 18.2. The highest BCUT2D eigenvalue weighted by Crippen LogP contribution is 2.34. The van der Waals surface area contributed by atoms with Gasteiger partial charge in [0.25, 0.3) is 0 Å². The fourth-order valence-electron chi connectivity index (χ4n) is 5.28. The molecule has 0 amide bonds. The van der Waals surface area contributed by atoms with Gasteiger partial charge in [-0.2, -0.15) is 5.10 Å². The smallest absolute Gasteiger partial charge is 0.310 e. The third-order valence-electron chi connectivity index (χ3n) is 7.18. The number of benzene rings is 3. The number of esters is 1. The molecular formula is C31H35N3O3. The number of nitrogens with zero attached hydrogens (tertiary/aromatic N) is 2. The molecule has 1 aromatic heterocycles. The largest absolute Gasteiger partial charge is 0.487 e. The van der Waals surface area contributed by atoms with Crippen LogP contribution in [0.3, 0.4) is 0 Å². The number of rotatable bonds is 9. The molecule has 2 N–H and O–H groups in total. The fraction of sp³-hybridized carbons (Fsp3) is 0.355. The zero-order valence-corrected chi connectivity index (χ0v) is 21.5. The highest BCUT2D eigenvalue weighted by Gasteiger charge is 2.21. The molecule has 1 fully saturated rings. The van der Waals surface area contributed by atoms with E-state index in [0.29, 0.717) is 31.5 Å². The number of hydrogen-bond donors (Lipinski definition) is 1. The van der Waals surface area contributed by atoms with E-state index >= 15 is 0 Å². The summed E-state index contributed by atoms with van der Waals surface area (Å²) < 4.78 is 13.7. The lowest BCUT2D eigenvalue weighted by atomic mass is 9.95. The first-order valence-electron chi connectivity index (χ1n) is 13.3. The lowest BCUT2D eigenvalue weighted by molar-refractivity contribution is -0.142. The zero-order valence-electron chi connectivity index (χ0n) is 21.5. The molecule has 0 radical (unpaired) electrons.